The minimum atomic E-state index is -0.514. The number of benzene rings is 3. The maximum atomic E-state index is 13.5. The maximum absolute atomic E-state index is 13.5. The van der Waals surface area contributed by atoms with Crippen molar-refractivity contribution in [2.45, 2.75) is 18.7 Å². The number of rotatable bonds is 2. The summed E-state index contributed by atoms with van der Waals surface area (Å²) in [7, 11) is 0. The molecule has 0 unspecified atom stereocenters. The Bertz CT molecular complexity index is 1120. The first-order valence-electron chi connectivity index (χ1n) is 9.02. The van der Waals surface area contributed by atoms with Crippen LogP contribution < -0.4 is 4.74 Å². The summed E-state index contributed by atoms with van der Waals surface area (Å²) in [6.45, 7) is 0. The molecule has 2 atom stereocenters. The largest absolute Gasteiger partial charge is 0.463 e. The van der Waals surface area contributed by atoms with Crippen LogP contribution in [0.15, 0.2) is 70.2 Å². The van der Waals surface area contributed by atoms with Gasteiger partial charge in [0.1, 0.15) is 11.6 Å². The van der Waals surface area contributed by atoms with Crippen LogP contribution in [0.1, 0.15) is 35.4 Å². The first-order valence-corrected chi connectivity index (χ1v) is 10.6. The van der Waals surface area contributed by atoms with Crippen molar-refractivity contribution in [3.63, 3.8) is 0 Å². The van der Waals surface area contributed by atoms with Gasteiger partial charge >= 0.3 is 0 Å². The molecule has 2 aliphatic heterocycles. The van der Waals surface area contributed by atoms with Gasteiger partial charge in [0.25, 0.3) is 0 Å². The molecule has 3 nitrogen and oxygen atoms in total. The highest BCUT2D eigenvalue weighted by Gasteiger charge is 2.42. The number of hydrazone groups is 1. The number of fused-ring (bicyclic) bond motifs is 3. The molecule has 0 saturated heterocycles. The summed E-state index contributed by atoms with van der Waals surface area (Å²) in [5, 5.41) is 7.80. The molecule has 146 valence electrons. The molecule has 0 aromatic heterocycles. The fraction of sp³-hybridized carbons (Fsp3) is 0.136. The summed E-state index contributed by atoms with van der Waals surface area (Å²) >= 11 is 16.2. The van der Waals surface area contributed by atoms with Crippen molar-refractivity contribution in [3.8, 4) is 5.75 Å². The van der Waals surface area contributed by atoms with Crippen LogP contribution in [0, 0.1) is 5.82 Å². The van der Waals surface area contributed by atoms with E-state index in [-0.39, 0.29) is 11.9 Å². The van der Waals surface area contributed by atoms with Crippen LogP contribution in [-0.4, -0.2) is 10.7 Å². The molecular weight excluding hydrogens is 478 g/mol. The van der Waals surface area contributed by atoms with Gasteiger partial charge in [0.2, 0.25) is 6.23 Å². The van der Waals surface area contributed by atoms with Gasteiger partial charge in [-0.3, -0.25) is 0 Å². The Labute approximate surface area is 185 Å². The van der Waals surface area contributed by atoms with E-state index in [1.165, 1.54) is 12.1 Å². The minimum Gasteiger partial charge on any atom is -0.463 e. The van der Waals surface area contributed by atoms with Crippen molar-refractivity contribution in [3.05, 3.63) is 97.7 Å². The van der Waals surface area contributed by atoms with E-state index in [4.69, 9.17) is 33.0 Å². The zero-order chi connectivity index (χ0) is 20.1. The van der Waals surface area contributed by atoms with Crippen molar-refractivity contribution in [1.82, 2.24) is 5.01 Å². The Morgan fingerprint density at radius 1 is 1.03 bits per heavy atom. The average molecular weight is 492 g/mol. The molecule has 3 aromatic carbocycles. The molecular formula is C22H14BrCl2FN2O. The molecule has 7 heteroatoms. The van der Waals surface area contributed by atoms with E-state index in [1.807, 2.05) is 35.3 Å². The normalized spacial score (nSPS) is 20.0. The van der Waals surface area contributed by atoms with E-state index in [0.717, 1.165) is 26.9 Å². The quantitative estimate of drug-likeness (QED) is 0.380. The van der Waals surface area contributed by atoms with E-state index >= 15 is 0 Å². The van der Waals surface area contributed by atoms with E-state index < -0.39 is 6.23 Å². The highest BCUT2D eigenvalue weighted by atomic mass is 79.9. The Morgan fingerprint density at radius 3 is 2.48 bits per heavy atom. The van der Waals surface area contributed by atoms with Gasteiger partial charge in [-0.1, -0.05) is 63.4 Å². The van der Waals surface area contributed by atoms with Crippen LogP contribution in [-0.2, 0) is 0 Å². The van der Waals surface area contributed by atoms with Crippen LogP contribution in [0.5, 0.6) is 5.75 Å². The van der Waals surface area contributed by atoms with Crippen LogP contribution in [0.3, 0.4) is 0 Å². The van der Waals surface area contributed by atoms with Gasteiger partial charge in [0.15, 0.2) is 0 Å². The molecule has 0 saturated carbocycles. The van der Waals surface area contributed by atoms with Crippen LogP contribution in [0.25, 0.3) is 0 Å². The van der Waals surface area contributed by atoms with Crippen LogP contribution >= 0.6 is 39.1 Å². The fourth-order valence-electron chi connectivity index (χ4n) is 3.78. The minimum absolute atomic E-state index is 0.0800. The van der Waals surface area contributed by atoms with Crippen molar-refractivity contribution >= 4 is 44.8 Å². The molecule has 5 rings (SSSR count). The predicted molar refractivity (Wildman–Crippen MR) is 116 cm³/mol. The Balaban J connectivity index is 1.62. The molecule has 0 aliphatic carbocycles. The van der Waals surface area contributed by atoms with Crippen molar-refractivity contribution in [2.24, 2.45) is 5.10 Å². The molecule has 0 radical (unpaired) electrons. The summed E-state index contributed by atoms with van der Waals surface area (Å²) in [5.41, 5.74) is 3.68. The van der Waals surface area contributed by atoms with Gasteiger partial charge in [-0.15, -0.1) is 0 Å². The molecule has 0 spiro atoms. The number of ether oxygens (including phenoxy) is 1. The fourth-order valence-corrected chi connectivity index (χ4v) is 4.60. The van der Waals surface area contributed by atoms with Gasteiger partial charge in [0.05, 0.1) is 16.8 Å². The highest BCUT2D eigenvalue weighted by Crippen LogP contribution is 2.50. The molecule has 0 N–H and O–H groups in total. The van der Waals surface area contributed by atoms with Gasteiger partial charge in [-0.2, -0.15) is 5.10 Å². The van der Waals surface area contributed by atoms with Gasteiger partial charge in [-0.25, -0.2) is 9.40 Å². The van der Waals surface area contributed by atoms with Gasteiger partial charge in [0, 0.05) is 27.0 Å². The van der Waals surface area contributed by atoms with Gasteiger partial charge < -0.3 is 4.74 Å². The molecule has 29 heavy (non-hydrogen) atoms. The Kier molecular flexibility index (Phi) is 4.77. The summed E-state index contributed by atoms with van der Waals surface area (Å²) < 4.78 is 20.7. The zero-order valence-corrected chi connectivity index (χ0v) is 18.0. The molecule has 2 aliphatic rings. The second kappa shape index (κ2) is 7.31. The predicted octanol–water partition coefficient (Wildman–Crippen LogP) is 7.14. The summed E-state index contributed by atoms with van der Waals surface area (Å²) in [6.07, 6.45) is 0.173. The van der Waals surface area contributed by atoms with Crippen LogP contribution in [0.4, 0.5) is 4.39 Å². The second-order valence-electron chi connectivity index (χ2n) is 6.98. The molecule has 0 fully saturated rings. The lowest BCUT2D eigenvalue weighted by Crippen LogP contribution is -2.33. The average Bonchev–Trinajstić information content (AvgIpc) is 3.14. The number of nitrogens with zero attached hydrogens (tertiary/aromatic N) is 2. The van der Waals surface area contributed by atoms with E-state index in [1.54, 1.807) is 18.2 Å². The van der Waals surface area contributed by atoms with Crippen molar-refractivity contribution < 1.29 is 9.13 Å². The number of hydrogen-bond donors (Lipinski definition) is 0. The Hall–Kier alpha value is -2.08. The third kappa shape index (κ3) is 3.41. The summed E-state index contributed by atoms with van der Waals surface area (Å²) in [5.74, 6) is 0.297. The third-order valence-electron chi connectivity index (χ3n) is 5.14. The van der Waals surface area contributed by atoms with E-state index in [9.17, 15) is 4.39 Å². The van der Waals surface area contributed by atoms with Crippen molar-refractivity contribution in [1.29, 1.82) is 0 Å². The smallest absolute Gasteiger partial charge is 0.213 e. The number of halogens is 4. The van der Waals surface area contributed by atoms with E-state index in [2.05, 4.69) is 15.9 Å². The molecule has 3 aromatic rings. The zero-order valence-electron chi connectivity index (χ0n) is 14.9. The first kappa shape index (κ1) is 18.9. The Morgan fingerprint density at radius 2 is 1.76 bits per heavy atom. The monoisotopic (exact) mass is 490 g/mol. The second-order valence-corrected chi connectivity index (χ2v) is 8.74. The van der Waals surface area contributed by atoms with Gasteiger partial charge in [-0.05, 0) is 42.0 Å². The van der Waals surface area contributed by atoms with Crippen molar-refractivity contribution in [2.75, 3.05) is 0 Å². The lowest BCUT2D eigenvalue weighted by molar-refractivity contribution is -0.0189. The SMILES string of the molecule is Fc1ccc([C@H]2Oc3c(Cl)cc(Cl)cc3[C@H]3CC(c4ccc(Br)cc4)=NN32)cc1. The molecule has 0 amide bonds. The topological polar surface area (TPSA) is 24.8 Å². The lowest BCUT2D eigenvalue weighted by Gasteiger charge is -2.38. The molecule has 0 bridgehead atoms. The molecule has 2 heterocycles. The highest BCUT2D eigenvalue weighted by molar-refractivity contribution is 9.10. The standard InChI is InChI=1S/C22H14BrCl2FN2O/c23-14-5-1-12(2-6-14)19-11-20-17-9-15(24)10-18(25)21(17)29-22(28(20)27-19)13-3-7-16(26)8-4-13/h1-10,20,22H,11H2/t20-,22-/m1/s1. The number of hydrogen-bond acceptors (Lipinski definition) is 3. The van der Waals surface area contributed by atoms with E-state index in [0.29, 0.717) is 22.2 Å². The first-order chi connectivity index (χ1) is 14.0. The summed E-state index contributed by atoms with van der Waals surface area (Å²) in [6, 6.07) is 17.8. The van der Waals surface area contributed by atoms with Crippen LogP contribution in [0.2, 0.25) is 10.0 Å². The maximum Gasteiger partial charge on any atom is 0.213 e. The lowest BCUT2D eigenvalue weighted by atomic mass is 9.96. The third-order valence-corrected chi connectivity index (χ3v) is 6.17. The summed E-state index contributed by atoms with van der Waals surface area (Å²) in [4.78, 5) is 0.